The summed E-state index contributed by atoms with van der Waals surface area (Å²) in [5, 5.41) is 13.3. The van der Waals surface area contributed by atoms with Crippen molar-refractivity contribution in [2.75, 3.05) is 25.6 Å². The van der Waals surface area contributed by atoms with Crippen molar-refractivity contribution < 1.29 is 14.6 Å². The van der Waals surface area contributed by atoms with E-state index in [-0.39, 0.29) is 12.0 Å². The Kier molecular flexibility index (Phi) is 6.10. The van der Waals surface area contributed by atoms with E-state index in [0.29, 0.717) is 6.54 Å². The van der Waals surface area contributed by atoms with Gasteiger partial charge in [-0.15, -0.1) is 0 Å². The van der Waals surface area contributed by atoms with E-state index >= 15 is 0 Å². The molecule has 0 saturated heterocycles. The fraction of sp³-hybridized carbons (Fsp3) is 0.400. The summed E-state index contributed by atoms with van der Waals surface area (Å²) < 4.78 is 10.9. The standard InChI is InChI=1S/C20H27NO3/c1-20(2,3)15-9-11-17(12-10-15)24-14-16(22)13-21-18-7-5-6-8-19(18)23-4/h5-12,16,21-22H,13-14H2,1-4H3/t16-/m1/s1. The van der Waals surface area contributed by atoms with E-state index in [9.17, 15) is 5.11 Å². The molecule has 0 amide bonds. The number of para-hydroxylation sites is 2. The fourth-order valence-corrected chi connectivity index (χ4v) is 2.32. The fourth-order valence-electron chi connectivity index (χ4n) is 2.32. The van der Waals surface area contributed by atoms with Crippen LogP contribution < -0.4 is 14.8 Å². The second-order valence-corrected chi connectivity index (χ2v) is 6.82. The number of aliphatic hydroxyl groups excluding tert-OH is 1. The summed E-state index contributed by atoms with van der Waals surface area (Å²) in [5.41, 5.74) is 2.23. The predicted octanol–water partition coefficient (Wildman–Crippen LogP) is 3.84. The SMILES string of the molecule is COc1ccccc1NC[C@@H](O)COc1ccc(C(C)(C)C)cc1. The van der Waals surface area contributed by atoms with Crippen molar-refractivity contribution >= 4 is 5.69 Å². The molecular formula is C20H27NO3. The summed E-state index contributed by atoms with van der Waals surface area (Å²) >= 11 is 0. The van der Waals surface area contributed by atoms with Crippen LogP contribution in [0.15, 0.2) is 48.5 Å². The molecule has 0 aliphatic heterocycles. The first-order valence-corrected chi connectivity index (χ1v) is 8.18. The largest absolute Gasteiger partial charge is 0.495 e. The molecule has 0 spiro atoms. The van der Waals surface area contributed by atoms with Crippen molar-refractivity contribution in [3.8, 4) is 11.5 Å². The molecule has 0 unspecified atom stereocenters. The monoisotopic (exact) mass is 329 g/mol. The number of benzene rings is 2. The van der Waals surface area contributed by atoms with Gasteiger partial charge in [-0.2, -0.15) is 0 Å². The maximum Gasteiger partial charge on any atom is 0.141 e. The van der Waals surface area contributed by atoms with E-state index < -0.39 is 6.10 Å². The highest BCUT2D eigenvalue weighted by Gasteiger charge is 2.13. The number of methoxy groups -OCH3 is 1. The number of anilines is 1. The average molecular weight is 329 g/mol. The Morgan fingerprint density at radius 3 is 2.33 bits per heavy atom. The average Bonchev–Trinajstić information content (AvgIpc) is 2.58. The van der Waals surface area contributed by atoms with Crippen LogP contribution in [0.2, 0.25) is 0 Å². The molecule has 4 nitrogen and oxygen atoms in total. The molecule has 0 aliphatic rings. The van der Waals surface area contributed by atoms with Crippen molar-refractivity contribution in [3.63, 3.8) is 0 Å². The lowest BCUT2D eigenvalue weighted by atomic mass is 9.87. The van der Waals surface area contributed by atoms with Crippen LogP contribution in [-0.2, 0) is 5.41 Å². The van der Waals surface area contributed by atoms with Crippen LogP contribution in [0.5, 0.6) is 11.5 Å². The van der Waals surface area contributed by atoms with E-state index in [1.807, 2.05) is 36.4 Å². The smallest absolute Gasteiger partial charge is 0.141 e. The zero-order valence-electron chi connectivity index (χ0n) is 14.9. The lowest BCUT2D eigenvalue weighted by Crippen LogP contribution is -2.26. The van der Waals surface area contributed by atoms with Gasteiger partial charge in [-0.3, -0.25) is 0 Å². The van der Waals surface area contributed by atoms with Gasteiger partial charge in [-0.25, -0.2) is 0 Å². The van der Waals surface area contributed by atoms with E-state index in [4.69, 9.17) is 9.47 Å². The van der Waals surface area contributed by atoms with Gasteiger partial charge in [0.2, 0.25) is 0 Å². The van der Waals surface area contributed by atoms with Gasteiger partial charge >= 0.3 is 0 Å². The normalized spacial score (nSPS) is 12.5. The number of rotatable bonds is 7. The number of nitrogens with one attached hydrogen (secondary N) is 1. The zero-order valence-corrected chi connectivity index (χ0v) is 14.9. The summed E-state index contributed by atoms with van der Waals surface area (Å²) in [6, 6.07) is 15.6. The number of aliphatic hydroxyl groups is 1. The second-order valence-electron chi connectivity index (χ2n) is 6.82. The predicted molar refractivity (Wildman–Crippen MR) is 98.1 cm³/mol. The van der Waals surface area contributed by atoms with Gasteiger partial charge in [0.1, 0.15) is 24.2 Å². The molecule has 0 saturated carbocycles. The van der Waals surface area contributed by atoms with Crippen LogP contribution in [0.3, 0.4) is 0 Å². The minimum atomic E-state index is -0.614. The number of ether oxygens (including phenoxy) is 2. The molecule has 0 radical (unpaired) electrons. The molecule has 2 rings (SSSR count). The molecule has 0 heterocycles. The van der Waals surface area contributed by atoms with Gasteiger partial charge in [-0.1, -0.05) is 45.0 Å². The van der Waals surface area contributed by atoms with Crippen LogP contribution in [0.4, 0.5) is 5.69 Å². The maximum absolute atomic E-state index is 10.1. The van der Waals surface area contributed by atoms with Crippen molar-refractivity contribution in [2.24, 2.45) is 0 Å². The third-order valence-corrected chi connectivity index (χ3v) is 3.80. The summed E-state index contributed by atoms with van der Waals surface area (Å²) in [6.07, 6.45) is -0.614. The van der Waals surface area contributed by atoms with Crippen molar-refractivity contribution in [1.82, 2.24) is 0 Å². The third-order valence-electron chi connectivity index (χ3n) is 3.80. The van der Waals surface area contributed by atoms with Crippen molar-refractivity contribution in [3.05, 3.63) is 54.1 Å². The topological polar surface area (TPSA) is 50.7 Å². The molecule has 0 bridgehead atoms. The van der Waals surface area contributed by atoms with Crippen LogP contribution in [0.1, 0.15) is 26.3 Å². The highest BCUT2D eigenvalue weighted by Crippen LogP contribution is 2.25. The van der Waals surface area contributed by atoms with E-state index in [0.717, 1.165) is 17.2 Å². The molecule has 24 heavy (non-hydrogen) atoms. The molecule has 0 aliphatic carbocycles. The lowest BCUT2D eigenvalue weighted by molar-refractivity contribution is 0.117. The Balaban J connectivity index is 1.82. The minimum Gasteiger partial charge on any atom is -0.495 e. The van der Waals surface area contributed by atoms with Gasteiger partial charge < -0.3 is 19.9 Å². The molecule has 0 aromatic heterocycles. The molecule has 2 N–H and O–H groups in total. The summed E-state index contributed by atoms with van der Waals surface area (Å²) in [4.78, 5) is 0. The van der Waals surface area contributed by atoms with Gasteiger partial charge in [0.15, 0.2) is 0 Å². The summed E-state index contributed by atoms with van der Waals surface area (Å²) in [5.74, 6) is 1.52. The van der Waals surface area contributed by atoms with Gasteiger partial charge in [0.05, 0.1) is 12.8 Å². The molecule has 130 valence electrons. The summed E-state index contributed by atoms with van der Waals surface area (Å²) in [6.45, 7) is 7.15. The van der Waals surface area contributed by atoms with Gasteiger partial charge in [-0.05, 0) is 35.2 Å². The first-order valence-electron chi connectivity index (χ1n) is 8.18. The highest BCUT2D eigenvalue weighted by molar-refractivity contribution is 5.56. The molecule has 2 aromatic rings. The van der Waals surface area contributed by atoms with Crippen LogP contribution in [0, 0.1) is 0 Å². The van der Waals surface area contributed by atoms with Gasteiger partial charge in [0, 0.05) is 6.54 Å². The Bertz CT molecular complexity index is 632. The lowest BCUT2D eigenvalue weighted by Gasteiger charge is -2.19. The molecule has 4 heteroatoms. The number of hydrogen-bond donors (Lipinski definition) is 2. The molecule has 0 fully saturated rings. The molecule has 2 aromatic carbocycles. The van der Waals surface area contributed by atoms with Crippen LogP contribution >= 0.6 is 0 Å². The first-order chi connectivity index (χ1) is 11.4. The number of hydrogen-bond acceptors (Lipinski definition) is 4. The van der Waals surface area contributed by atoms with Gasteiger partial charge in [0.25, 0.3) is 0 Å². The van der Waals surface area contributed by atoms with Crippen molar-refractivity contribution in [2.45, 2.75) is 32.3 Å². The Labute approximate surface area is 144 Å². The van der Waals surface area contributed by atoms with E-state index in [1.54, 1.807) is 7.11 Å². The third kappa shape index (κ3) is 5.17. The van der Waals surface area contributed by atoms with E-state index in [1.165, 1.54) is 5.56 Å². The quantitative estimate of drug-likeness (QED) is 0.810. The Morgan fingerprint density at radius 2 is 1.71 bits per heavy atom. The minimum absolute atomic E-state index is 0.122. The Morgan fingerprint density at radius 1 is 1.04 bits per heavy atom. The summed E-state index contributed by atoms with van der Waals surface area (Å²) in [7, 11) is 1.63. The van der Waals surface area contributed by atoms with Crippen LogP contribution in [0.25, 0.3) is 0 Å². The zero-order chi connectivity index (χ0) is 17.6. The Hall–Kier alpha value is -2.20. The van der Waals surface area contributed by atoms with Crippen molar-refractivity contribution in [1.29, 1.82) is 0 Å². The van der Waals surface area contributed by atoms with Crippen LogP contribution in [-0.4, -0.2) is 31.5 Å². The first kappa shape index (κ1) is 18.1. The maximum atomic E-state index is 10.1. The molecule has 1 atom stereocenters. The molecular weight excluding hydrogens is 302 g/mol. The van der Waals surface area contributed by atoms with E-state index in [2.05, 4.69) is 38.2 Å². The highest BCUT2D eigenvalue weighted by atomic mass is 16.5. The second kappa shape index (κ2) is 8.06.